The van der Waals surface area contributed by atoms with Gasteiger partial charge in [0.05, 0.1) is 0 Å². The summed E-state index contributed by atoms with van der Waals surface area (Å²) in [4.78, 5) is 9.60. The van der Waals surface area contributed by atoms with Gasteiger partial charge in [0.1, 0.15) is 0 Å². The van der Waals surface area contributed by atoms with Crippen molar-refractivity contribution in [2.75, 3.05) is 0 Å². The third-order valence-electron chi connectivity index (χ3n) is 3.26. The minimum atomic E-state index is -0.967. The van der Waals surface area contributed by atoms with Crippen molar-refractivity contribution < 1.29 is 9.90 Å². The molecular formula is C16H34O2Sn. The van der Waals surface area contributed by atoms with Crippen LogP contribution in [-0.2, 0) is 4.79 Å². The average molecular weight is 377 g/mol. The van der Waals surface area contributed by atoms with Crippen molar-refractivity contribution in [1.29, 1.82) is 0 Å². The molecule has 0 saturated heterocycles. The predicted molar refractivity (Wildman–Crippen MR) is 88.7 cm³/mol. The number of rotatable bonds is 10. The first-order valence-electron chi connectivity index (χ1n) is 7.88. The van der Waals surface area contributed by atoms with Crippen molar-refractivity contribution in [3.63, 3.8) is 0 Å². The number of unbranched alkanes of at least 4 members (excludes halogenated alkanes) is 3. The van der Waals surface area contributed by atoms with Crippen LogP contribution >= 0.6 is 0 Å². The van der Waals surface area contributed by atoms with Crippen LogP contribution in [0.2, 0.25) is 13.3 Å². The Bertz CT molecular complexity index is 196. The molecule has 0 aromatic heterocycles. The second-order valence-electron chi connectivity index (χ2n) is 5.38. The van der Waals surface area contributed by atoms with Crippen LogP contribution in [0.1, 0.15) is 66.2 Å². The quantitative estimate of drug-likeness (QED) is 0.417. The molecule has 0 aliphatic rings. The molecule has 0 fully saturated rings. The zero-order chi connectivity index (χ0) is 15.1. The van der Waals surface area contributed by atoms with E-state index in [1.54, 1.807) is 13.3 Å². The van der Waals surface area contributed by atoms with E-state index >= 15 is 0 Å². The Hall–Kier alpha value is 0.00870. The summed E-state index contributed by atoms with van der Waals surface area (Å²) in [6, 6.07) is 0. The Kier molecular flexibility index (Phi) is 18.0. The maximum atomic E-state index is 9.60. The topological polar surface area (TPSA) is 37.3 Å². The van der Waals surface area contributed by atoms with E-state index in [1.165, 1.54) is 45.4 Å². The molecule has 19 heavy (non-hydrogen) atoms. The van der Waals surface area contributed by atoms with E-state index in [9.17, 15) is 4.79 Å². The molecule has 0 spiro atoms. The normalized spacial score (nSPS) is 9.95. The van der Waals surface area contributed by atoms with Gasteiger partial charge in [-0.2, -0.15) is 0 Å². The first-order valence-corrected chi connectivity index (χ1v) is 14.9. The van der Waals surface area contributed by atoms with Crippen molar-refractivity contribution in [3.05, 3.63) is 12.2 Å². The van der Waals surface area contributed by atoms with Gasteiger partial charge in [0.15, 0.2) is 0 Å². The molecule has 0 atom stereocenters. The molecule has 0 aromatic carbocycles. The Balaban J connectivity index is 0. The zero-order valence-corrected chi connectivity index (χ0v) is 16.8. The van der Waals surface area contributed by atoms with Crippen molar-refractivity contribution in [2.45, 2.75) is 79.5 Å². The molecule has 1 N–H and O–H groups in total. The first-order chi connectivity index (χ1) is 8.99. The monoisotopic (exact) mass is 378 g/mol. The van der Waals surface area contributed by atoms with Crippen LogP contribution in [0, 0.1) is 0 Å². The summed E-state index contributed by atoms with van der Waals surface area (Å²) < 4.78 is 5.08. The van der Waals surface area contributed by atoms with Crippen LogP contribution in [0.25, 0.3) is 0 Å². The van der Waals surface area contributed by atoms with Crippen molar-refractivity contribution in [3.8, 4) is 0 Å². The molecule has 0 aliphatic carbocycles. The summed E-state index contributed by atoms with van der Waals surface area (Å²) in [5.74, 6) is -0.935. The van der Waals surface area contributed by atoms with Gasteiger partial charge in [0.2, 0.25) is 0 Å². The Morgan fingerprint density at radius 3 is 1.37 bits per heavy atom. The molecule has 0 aromatic rings. The van der Waals surface area contributed by atoms with Gasteiger partial charge >= 0.3 is 98.3 Å². The van der Waals surface area contributed by atoms with E-state index in [4.69, 9.17) is 5.11 Å². The van der Waals surface area contributed by atoms with E-state index in [0.29, 0.717) is 0 Å². The van der Waals surface area contributed by atoms with Gasteiger partial charge in [0, 0.05) is 5.57 Å². The van der Waals surface area contributed by atoms with Crippen LogP contribution in [0.4, 0.5) is 0 Å². The third-order valence-corrected chi connectivity index (χ3v) is 13.7. The predicted octanol–water partition coefficient (Wildman–Crippen LogP) is 5.26. The maximum absolute atomic E-state index is 9.60. The fourth-order valence-electron chi connectivity index (χ4n) is 1.91. The number of hydrogen-bond donors (Lipinski definition) is 1. The van der Waals surface area contributed by atoms with Crippen molar-refractivity contribution >= 4 is 25.7 Å². The molecule has 3 heteroatoms. The second-order valence-corrected chi connectivity index (χ2v) is 15.3. The van der Waals surface area contributed by atoms with Gasteiger partial charge in [-0.15, -0.1) is 0 Å². The standard InChI is InChI=1S/C4H6O2.3C4H9.Sn.H/c1-3(2)4(5)6;3*1-3-4-2;;/h1H2,2H3,(H,5,6);3*1,3-4H2,2H3;;. The van der Waals surface area contributed by atoms with Gasteiger partial charge in [0.25, 0.3) is 0 Å². The van der Waals surface area contributed by atoms with E-state index in [0.717, 1.165) is 0 Å². The Morgan fingerprint density at radius 2 is 1.21 bits per heavy atom. The summed E-state index contributed by atoms with van der Waals surface area (Å²) in [6.45, 7) is 11.6. The summed E-state index contributed by atoms with van der Waals surface area (Å²) in [6.07, 6.45) is 8.87. The molecule has 0 rings (SSSR count). The number of aliphatic carboxylic acids is 1. The SMILES string of the molecule is C=C(C)C(=O)O.CCC[CH2][SnH]([CH2]CCC)[CH2]CCC. The molecular weight excluding hydrogens is 343 g/mol. The van der Waals surface area contributed by atoms with Crippen LogP contribution in [0.3, 0.4) is 0 Å². The fourth-order valence-corrected chi connectivity index (χ4v) is 12.8. The summed E-state index contributed by atoms with van der Waals surface area (Å²) in [5, 5.41) is 7.89. The average Bonchev–Trinajstić information content (AvgIpc) is 2.38. The molecule has 2 nitrogen and oxygen atoms in total. The van der Waals surface area contributed by atoms with Gasteiger partial charge in [-0.1, -0.05) is 6.58 Å². The van der Waals surface area contributed by atoms with E-state index < -0.39 is 25.7 Å². The minimum absolute atomic E-state index is 0.176. The third kappa shape index (κ3) is 18.0. The van der Waals surface area contributed by atoms with E-state index in [2.05, 4.69) is 27.4 Å². The van der Waals surface area contributed by atoms with E-state index in [-0.39, 0.29) is 5.57 Å². The van der Waals surface area contributed by atoms with Gasteiger partial charge in [-0.25, -0.2) is 4.79 Å². The molecule has 0 saturated carbocycles. The van der Waals surface area contributed by atoms with Crippen LogP contribution in [0.5, 0.6) is 0 Å². The molecule has 114 valence electrons. The van der Waals surface area contributed by atoms with Crippen LogP contribution in [0.15, 0.2) is 12.2 Å². The van der Waals surface area contributed by atoms with Crippen molar-refractivity contribution in [1.82, 2.24) is 0 Å². The molecule has 0 amide bonds. The molecule has 0 heterocycles. The number of carbonyl (C=O) groups is 1. The van der Waals surface area contributed by atoms with Gasteiger partial charge in [-0.3, -0.25) is 0 Å². The molecule has 0 radical (unpaired) electrons. The number of hydrogen-bond acceptors (Lipinski definition) is 1. The first kappa shape index (κ1) is 21.3. The fraction of sp³-hybridized carbons (Fsp3) is 0.812. The van der Waals surface area contributed by atoms with Crippen LogP contribution in [-0.4, -0.2) is 30.8 Å². The summed E-state index contributed by atoms with van der Waals surface area (Å²) in [7, 11) is 0. The molecule has 0 unspecified atom stereocenters. The van der Waals surface area contributed by atoms with Gasteiger partial charge in [-0.05, 0) is 6.92 Å². The Morgan fingerprint density at radius 1 is 0.947 bits per heavy atom. The van der Waals surface area contributed by atoms with Crippen molar-refractivity contribution in [2.24, 2.45) is 0 Å². The summed E-state index contributed by atoms with van der Waals surface area (Å²) in [5.41, 5.74) is 0.176. The Labute approximate surface area is 127 Å². The summed E-state index contributed by atoms with van der Waals surface area (Å²) >= 11 is -0.967. The zero-order valence-electron chi connectivity index (χ0n) is 13.5. The van der Waals surface area contributed by atoms with E-state index in [1.807, 2.05) is 0 Å². The number of carboxylic acid groups (broad SMARTS) is 1. The molecule has 0 bridgehead atoms. The number of carboxylic acids is 1. The van der Waals surface area contributed by atoms with Gasteiger partial charge < -0.3 is 5.11 Å². The van der Waals surface area contributed by atoms with Crippen LogP contribution < -0.4 is 0 Å². The second kappa shape index (κ2) is 16.1. The molecule has 0 aliphatic heterocycles.